The fourth-order valence-electron chi connectivity index (χ4n) is 2.57. The van der Waals surface area contributed by atoms with Crippen molar-refractivity contribution >= 4 is 17.6 Å². The largest absolute Gasteiger partial charge is 0.481 e. The van der Waals surface area contributed by atoms with Crippen LogP contribution < -0.4 is 10.6 Å². The van der Waals surface area contributed by atoms with Crippen molar-refractivity contribution in [1.29, 1.82) is 0 Å². The zero-order valence-electron chi connectivity index (χ0n) is 12.1. The van der Waals surface area contributed by atoms with Crippen LogP contribution in [0.2, 0.25) is 0 Å². The summed E-state index contributed by atoms with van der Waals surface area (Å²) in [4.78, 5) is 22.5. The van der Waals surface area contributed by atoms with Crippen LogP contribution >= 0.6 is 0 Å². The van der Waals surface area contributed by atoms with Gasteiger partial charge >= 0.3 is 5.97 Å². The Morgan fingerprint density at radius 2 is 1.86 bits per heavy atom. The van der Waals surface area contributed by atoms with Gasteiger partial charge in [0.05, 0.1) is 0 Å². The lowest BCUT2D eigenvalue weighted by atomic mass is 9.94. The third kappa shape index (κ3) is 5.55. The molecule has 21 heavy (non-hydrogen) atoms. The summed E-state index contributed by atoms with van der Waals surface area (Å²) < 4.78 is 0. The van der Waals surface area contributed by atoms with Crippen molar-refractivity contribution in [3.8, 4) is 0 Å². The molecule has 0 aromatic heterocycles. The highest BCUT2D eigenvalue weighted by atomic mass is 16.4. The van der Waals surface area contributed by atoms with E-state index in [1.54, 1.807) is 0 Å². The summed E-state index contributed by atoms with van der Waals surface area (Å²) >= 11 is 0. The molecule has 0 unspecified atom stereocenters. The Bertz CT molecular complexity index is 479. The van der Waals surface area contributed by atoms with Crippen LogP contribution in [0, 0.1) is 5.92 Å². The molecule has 1 aromatic carbocycles. The van der Waals surface area contributed by atoms with Gasteiger partial charge in [-0.2, -0.15) is 0 Å². The number of benzene rings is 1. The first kappa shape index (κ1) is 15.5. The van der Waals surface area contributed by atoms with Gasteiger partial charge in [0.2, 0.25) is 5.91 Å². The number of aliphatic carboxylic acids is 1. The van der Waals surface area contributed by atoms with E-state index >= 15 is 0 Å². The van der Waals surface area contributed by atoms with E-state index in [0.29, 0.717) is 18.8 Å². The van der Waals surface area contributed by atoms with Crippen LogP contribution in [0.3, 0.4) is 0 Å². The molecular weight excluding hydrogens is 268 g/mol. The van der Waals surface area contributed by atoms with Crippen molar-refractivity contribution in [1.82, 2.24) is 5.32 Å². The lowest BCUT2D eigenvalue weighted by molar-refractivity contribution is -0.137. The highest BCUT2D eigenvalue weighted by Crippen LogP contribution is 2.17. The number of carbonyl (C=O) groups is 2. The van der Waals surface area contributed by atoms with Crippen LogP contribution in [0.4, 0.5) is 5.69 Å². The molecular formula is C16H22N2O3. The number of carboxylic acid groups (broad SMARTS) is 1. The molecule has 1 aliphatic rings. The monoisotopic (exact) mass is 290 g/mol. The topological polar surface area (TPSA) is 78.4 Å². The van der Waals surface area contributed by atoms with Gasteiger partial charge in [-0.25, -0.2) is 0 Å². The van der Waals surface area contributed by atoms with Gasteiger partial charge < -0.3 is 15.7 Å². The molecule has 0 saturated carbocycles. The van der Waals surface area contributed by atoms with E-state index in [-0.39, 0.29) is 12.3 Å². The lowest BCUT2D eigenvalue weighted by Crippen LogP contribution is -2.30. The molecule has 0 spiro atoms. The van der Waals surface area contributed by atoms with Crippen molar-refractivity contribution < 1.29 is 14.7 Å². The summed E-state index contributed by atoms with van der Waals surface area (Å²) in [6.07, 6.45) is 3.32. The lowest BCUT2D eigenvalue weighted by Gasteiger charge is -2.21. The second kappa shape index (κ2) is 7.78. The van der Waals surface area contributed by atoms with Crippen molar-refractivity contribution in [2.75, 3.05) is 18.4 Å². The van der Waals surface area contributed by atoms with Gasteiger partial charge in [-0.05, 0) is 56.0 Å². The summed E-state index contributed by atoms with van der Waals surface area (Å²) in [7, 11) is 0. The average Bonchev–Trinajstić information content (AvgIpc) is 2.47. The molecule has 0 atom stereocenters. The second-order valence-corrected chi connectivity index (χ2v) is 5.54. The van der Waals surface area contributed by atoms with E-state index < -0.39 is 5.97 Å². The van der Waals surface area contributed by atoms with Crippen LogP contribution in [0.15, 0.2) is 24.3 Å². The minimum Gasteiger partial charge on any atom is -0.481 e. The van der Waals surface area contributed by atoms with Crippen LogP contribution in [-0.2, 0) is 16.0 Å². The number of hydrogen-bond donors (Lipinski definition) is 3. The van der Waals surface area contributed by atoms with Gasteiger partial charge in [-0.3, -0.25) is 9.59 Å². The first-order valence-electron chi connectivity index (χ1n) is 7.45. The molecule has 2 rings (SSSR count). The maximum atomic E-state index is 12.0. The minimum absolute atomic E-state index is 0.0557. The zero-order chi connectivity index (χ0) is 15.1. The summed E-state index contributed by atoms with van der Waals surface area (Å²) in [5.74, 6) is -0.268. The Labute approximate surface area is 124 Å². The molecule has 0 bridgehead atoms. The fourth-order valence-corrected chi connectivity index (χ4v) is 2.57. The number of carboxylic acids is 1. The quantitative estimate of drug-likeness (QED) is 0.749. The highest BCUT2D eigenvalue weighted by molar-refractivity contribution is 5.90. The van der Waals surface area contributed by atoms with Crippen LogP contribution in [0.25, 0.3) is 0 Å². The Morgan fingerprint density at radius 1 is 1.19 bits per heavy atom. The number of rotatable bonds is 6. The Kier molecular flexibility index (Phi) is 5.75. The number of anilines is 1. The second-order valence-electron chi connectivity index (χ2n) is 5.54. The van der Waals surface area contributed by atoms with Gasteiger partial charge in [0.15, 0.2) is 0 Å². The molecule has 1 fully saturated rings. The standard InChI is InChI=1S/C16H22N2O3/c19-15(11-13-7-9-17-10-8-13)18-14-4-1-12(2-5-14)3-6-16(20)21/h1-2,4-5,13,17H,3,6-11H2,(H,18,19)(H,20,21). The molecule has 0 aliphatic carbocycles. The van der Waals surface area contributed by atoms with Crippen molar-refractivity contribution in [2.45, 2.75) is 32.1 Å². The maximum Gasteiger partial charge on any atom is 0.303 e. The van der Waals surface area contributed by atoms with E-state index in [0.717, 1.165) is 37.2 Å². The third-order valence-electron chi connectivity index (χ3n) is 3.80. The number of aryl methyl sites for hydroxylation is 1. The van der Waals surface area contributed by atoms with Crippen LogP contribution in [0.5, 0.6) is 0 Å². The van der Waals surface area contributed by atoms with Gasteiger partial charge in [-0.1, -0.05) is 12.1 Å². The van der Waals surface area contributed by atoms with Gasteiger partial charge in [0, 0.05) is 18.5 Å². The SMILES string of the molecule is O=C(O)CCc1ccc(NC(=O)CC2CCNCC2)cc1. The summed E-state index contributed by atoms with van der Waals surface area (Å²) in [5.41, 5.74) is 1.74. The number of hydrogen-bond acceptors (Lipinski definition) is 3. The summed E-state index contributed by atoms with van der Waals surface area (Å²) in [6.45, 7) is 1.99. The predicted octanol–water partition coefficient (Wildman–Crippen LogP) is 2.03. The van der Waals surface area contributed by atoms with E-state index in [2.05, 4.69) is 10.6 Å². The number of carbonyl (C=O) groups excluding carboxylic acids is 1. The molecule has 1 saturated heterocycles. The molecule has 3 N–H and O–H groups in total. The molecule has 5 nitrogen and oxygen atoms in total. The molecule has 1 aromatic rings. The predicted molar refractivity (Wildman–Crippen MR) is 81.2 cm³/mol. The molecule has 1 heterocycles. The van der Waals surface area contributed by atoms with Crippen molar-refractivity contribution in [2.24, 2.45) is 5.92 Å². The molecule has 1 amide bonds. The average molecular weight is 290 g/mol. The van der Waals surface area contributed by atoms with Crippen molar-refractivity contribution in [3.63, 3.8) is 0 Å². The van der Waals surface area contributed by atoms with Gasteiger partial charge in [-0.15, -0.1) is 0 Å². The van der Waals surface area contributed by atoms with Gasteiger partial charge in [0.25, 0.3) is 0 Å². The smallest absolute Gasteiger partial charge is 0.303 e. The van der Waals surface area contributed by atoms with E-state index in [4.69, 9.17) is 5.11 Å². The Hall–Kier alpha value is -1.88. The van der Waals surface area contributed by atoms with Gasteiger partial charge in [0.1, 0.15) is 0 Å². The number of nitrogens with one attached hydrogen (secondary N) is 2. The maximum absolute atomic E-state index is 12.0. The van der Waals surface area contributed by atoms with Crippen LogP contribution in [0.1, 0.15) is 31.2 Å². The minimum atomic E-state index is -0.797. The molecule has 1 aliphatic heterocycles. The summed E-state index contributed by atoms with van der Waals surface area (Å²) in [5, 5.41) is 14.8. The van der Waals surface area contributed by atoms with E-state index in [1.165, 1.54) is 0 Å². The molecule has 114 valence electrons. The van der Waals surface area contributed by atoms with E-state index in [9.17, 15) is 9.59 Å². The fraction of sp³-hybridized carbons (Fsp3) is 0.500. The Morgan fingerprint density at radius 3 is 2.48 bits per heavy atom. The summed E-state index contributed by atoms with van der Waals surface area (Å²) in [6, 6.07) is 7.39. The molecule has 5 heteroatoms. The van der Waals surface area contributed by atoms with E-state index in [1.807, 2.05) is 24.3 Å². The normalized spacial score (nSPS) is 15.6. The zero-order valence-corrected chi connectivity index (χ0v) is 12.1. The van der Waals surface area contributed by atoms with Crippen LogP contribution in [-0.4, -0.2) is 30.1 Å². The Balaban J connectivity index is 1.79. The van der Waals surface area contributed by atoms with Crippen molar-refractivity contribution in [3.05, 3.63) is 29.8 Å². The number of piperidine rings is 1. The first-order chi connectivity index (χ1) is 10.1. The number of amides is 1. The first-order valence-corrected chi connectivity index (χ1v) is 7.45. The molecule has 0 radical (unpaired) electrons. The third-order valence-corrected chi connectivity index (χ3v) is 3.80. The highest BCUT2D eigenvalue weighted by Gasteiger charge is 2.16.